The lowest BCUT2D eigenvalue weighted by molar-refractivity contribution is -0.123. The van der Waals surface area contributed by atoms with E-state index in [1.165, 1.54) is 6.33 Å². The van der Waals surface area contributed by atoms with E-state index in [-0.39, 0.29) is 11.9 Å². The highest BCUT2D eigenvalue weighted by molar-refractivity contribution is 14.1. The van der Waals surface area contributed by atoms with Crippen LogP contribution < -0.4 is 10.2 Å². The minimum Gasteiger partial charge on any atom is -0.356 e. The van der Waals surface area contributed by atoms with Crippen LogP contribution in [0.1, 0.15) is 0 Å². The lowest BCUT2D eigenvalue weighted by Gasteiger charge is -2.38. The molecule has 2 N–H and O–H groups in total. The van der Waals surface area contributed by atoms with Crippen LogP contribution >= 0.6 is 22.6 Å². The maximum atomic E-state index is 12.3. The zero-order chi connectivity index (χ0) is 15.1. The fourth-order valence-electron chi connectivity index (χ4n) is 2.56. The van der Waals surface area contributed by atoms with Gasteiger partial charge in [-0.1, -0.05) is 18.2 Å². The average Bonchev–Trinajstić information content (AvgIpc) is 2.92. The highest BCUT2D eigenvalue weighted by Gasteiger charge is 2.38. The summed E-state index contributed by atoms with van der Waals surface area (Å²) in [6.45, 7) is 0.635. The normalized spacial score (nSPS) is 17.6. The zero-order valence-electron chi connectivity index (χ0n) is 11.5. The van der Waals surface area contributed by atoms with Gasteiger partial charge in [0, 0.05) is 5.69 Å². The lowest BCUT2D eigenvalue weighted by atomic mass is 10.1. The van der Waals surface area contributed by atoms with Gasteiger partial charge in [-0.2, -0.15) is 0 Å². The molecular weight excluding hydrogens is 393 g/mol. The average molecular weight is 405 g/mol. The van der Waals surface area contributed by atoms with Crippen molar-refractivity contribution in [3.05, 3.63) is 46.4 Å². The molecule has 0 bridgehead atoms. The number of para-hydroxylation sites is 1. The molecule has 3 aromatic rings. The molecule has 4 rings (SSSR count). The number of benzene rings is 1. The summed E-state index contributed by atoms with van der Waals surface area (Å²) in [5.41, 5.74) is 1.70. The van der Waals surface area contributed by atoms with Crippen molar-refractivity contribution in [2.24, 2.45) is 0 Å². The zero-order valence-corrected chi connectivity index (χ0v) is 13.6. The van der Waals surface area contributed by atoms with Gasteiger partial charge in [0.1, 0.15) is 23.8 Å². The Morgan fingerprint density at radius 2 is 2.09 bits per heavy atom. The number of nitrogens with one attached hydrogen (secondary N) is 2. The molecule has 7 heteroatoms. The third-order valence-corrected chi connectivity index (χ3v) is 4.28. The van der Waals surface area contributed by atoms with Gasteiger partial charge in [0.25, 0.3) is 5.91 Å². The quantitative estimate of drug-likeness (QED) is 0.519. The van der Waals surface area contributed by atoms with E-state index in [9.17, 15) is 4.79 Å². The molecule has 1 aliphatic rings. The largest absolute Gasteiger partial charge is 0.356 e. The number of β-lactam (4-membered cyclic amide) rings is 1. The summed E-state index contributed by atoms with van der Waals surface area (Å²) in [4.78, 5) is 25.7. The Morgan fingerprint density at radius 1 is 1.27 bits per heavy atom. The van der Waals surface area contributed by atoms with Gasteiger partial charge in [-0.15, -0.1) is 0 Å². The molecule has 1 aliphatic heterocycles. The number of aromatic amines is 1. The second kappa shape index (κ2) is 5.24. The van der Waals surface area contributed by atoms with Crippen molar-refractivity contribution in [2.75, 3.05) is 16.8 Å². The van der Waals surface area contributed by atoms with E-state index in [4.69, 9.17) is 0 Å². The van der Waals surface area contributed by atoms with Crippen molar-refractivity contribution >= 4 is 51.0 Å². The molecule has 1 saturated heterocycles. The van der Waals surface area contributed by atoms with Crippen LogP contribution in [-0.4, -0.2) is 33.4 Å². The summed E-state index contributed by atoms with van der Waals surface area (Å²) in [5.74, 6) is 0.749. The Bertz CT molecular complexity index is 848. The summed E-state index contributed by atoms with van der Waals surface area (Å²) in [6.07, 6.45) is 1.50. The van der Waals surface area contributed by atoms with Gasteiger partial charge in [-0.25, -0.2) is 9.97 Å². The Kier molecular flexibility index (Phi) is 3.21. The van der Waals surface area contributed by atoms with E-state index in [0.717, 1.165) is 20.4 Å². The van der Waals surface area contributed by atoms with Crippen LogP contribution in [0, 0.1) is 3.70 Å². The topological polar surface area (TPSA) is 73.9 Å². The number of aromatic nitrogens is 3. The molecular formula is C15H12IN5O. The number of carbonyl (C=O) groups is 1. The first kappa shape index (κ1) is 13.5. The first-order chi connectivity index (χ1) is 10.7. The monoisotopic (exact) mass is 405 g/mol. The Labute approximate surface area is 140 Å². The minimum atomic E-state index is -0.245. The smallest absolute Gasteiger partial charge is 0.251 e. The number of hydrogen-bond donors (Lipinski definition) is 2. The second-order valence-corrected chi connectivity index (χ2v) is 6.25. The molecule has 3 heterocycles. The van der Waals surface area contributed by atoms with Gasteiger partial charge in [0.05, 0.1) is 15.6 Å². The SMILES string of the molecule is O=C1C(Nc2ncnc3[nH]c(I)cc23)CN1c1ccccc1. The summed E-state index contributed by atoms with van der Waals surface area (Å²) < 4.78 is 0.988. The number of halogens is 1. The number of amides is 1. The van der Waals surface area contributed by atoms with Crippen LogP contribution in [0.15, 0.2) is 42.7 Å². The predicted octanol–water partition coefficient (Wildman–Crippen LogP) is 2.39. The van der Waals surface area contributed by atoms with Crippen molar-refractivity contribution in [1.29, 1.82) is 0 Å². The van der Waals surface area contributed by atoms with E-state index in [2.05, 4.69) is 42.9 Å². The van der Waals surface area contributed by atoms with Crippen molar-refractivity contribution in [2.45, 2.75) is 6.04 Å². The van der Waals surface area contributed by atoms with Crippen molar-refractivity contribution < 1.29 is 4.79 Å². The van der Waals surface area contributed by atoms with E-state index in [0.29, 0.717) is 12.4 Å². The third-order valence-electron chi connectivity index (χ3n) is 3.70. The maximum Gasteiger partial charge on any atom is 0.251 e. The lowest BCUT2D eigenvalue weighted by Crippen LogP contribution is -2.60. The summed E-state index contributed by atoms with van der Waals surface area (Å²) in [7, 11) is 0. The van der Waals surface area contributed by atoms with Gasteiger partial charge in [-0.3, -0.25) is 4.79 Å². The van der Waals surface area contributed by atoms with Gasteiger partial charge in [0.15, 0.2) is 0 Å². The minimum absolute atomic E-state index is 0.0585. The molecule has 1 unspecified atom stereocenters. The molecule has 0 saturated carbocycles. The third kappa shape index (κ3) is 2.21. The van der Waals surface area contributed by atoms with Crippen molar-refractivity contribution in [1.82, 2.24) is 15.0 Å². The van der Waals surface area contributed by atoms with Gasteiger partial charge < -0.3 is 15.2 Å². The van der Waals surface area contributed by atoms with E-state index >= 15 is 0 Å². The first-order valence-electron chi connectivity index (χ1n) is 6.84. The predicted molar refractivity (Wildman–Crippen MR) is 92.8 cm³/mol. The van der Waals surface area contributed by atoms with Crippen LogP contribution in [0.2, 0.25) is 0 Å². The summed E-state index contributed by atoms with van der Waals surface area (Å²) in [6, 6.07) is 11.4. The molecule has 0 spiro atoms. The number of nitrogens with zero attached hydrogens (tertiary/aromatic N) is 3. The molecule has 1 fully saturated rings. The Hall–Kier alpha value is -2.16. The summed E-state index contributed by atoms with van der Waals surface area (Å²) in [5, 5.41) is 4.12. The van der Waals surface area contributed by atoms with Crippen LogP contribution in [-0.2, 0) is 4.79 Å². The van der Waals surface area contributed by atoms with Crippen LogP contribution in [0.3, 0.4) is 0 Å². The number of anilines is 2. The van der Waals surface area contributed by atoms with Gasteiger partial charge in [0.2, 0.25) is 0 Å². The number of hydrogen-bond acceptors (Lipinski definition) is 4. The first-order valence-corrected chi connectivity index (χ1v) is 7.92. The molecule has 2 aromatic heterocycles. The fourth-order valence-corrected chi connectivity index (χ4v) is 3.13. The highest BCUT2D eigenvalue weighted by atomic mass is 127. The Balaban J connectivity index is 1.54. The molecule has 0 aliphatic carbocycles. The van der Waals surface area contributed by atoms with Crippen LogP contribution in [0.4, 0.5) is 11.5 Å². The summed E-state index contributed by atoms with van der Waals surface area (Å²) >= 11 is 2.20. The van der Waals surface area contributed by atoms with E-state index in [1.54, 1.807) is 4.90 Å². The maximum absolute atomic E-state index is 12.3. The second-order valence-electron chi connectivity index (χ2n) is 5.08. The highest BCUT2D eigenvalue weighted by Crippen LogP contribution is 2.26. The number of H-pyrrole nitrogens is 1. The molecule has 1 amide bonds. The molecule has 6 nitrogen and oxygen atoms in total. The molecule has 110 valence electrons. The van der Waals surface area contributed by atoms with Gasteiger partial charge >= 0.3 is 0 Å². The fraction of sp³-hybridized carbons (Fsp3) is 0.133. The van der Waals surface area contributed by atoms with E-state index in [1.807, 2.05) is 36.4 Å². The number of carbonyl (C=O) groups excluding carboxylic acids is 1. The van der Waals surface area contributed by atoms with Crippen molar-refractivity contribution in [3.63, 3.8) is 0 Å². The molecule has 0 radical (unpaired) electrons. The molecule has 1 aromatic carbocycles. The van der Waals surface area contributed by atoms with E-state index < -0.39 is 0 Å². The van der Waals surface area contributed by atoms with Gasteiger partial charge in [-0.05, 0) is 40.8 Å². The standard InChI is InChI=1S/C15H12IN5O/c16-12-6-10-13(17-8-18-14(10)20-12)19-11-7-21(15(11)22)9-4-2-1-3-5-9/h1-6,8,11H,7H2,(H2,17,18,19,20). The van der Waals surface area contributed by atoms with Crippen molar-refractivity contribution in [3.8, 4) is 0 Å². The molecule has 22 heavy (non-hydrogen) atoms. The Morgan fingerprint density at radius 3 is 2.86 bits per heavy atom. The number of fused-ring (bicyclic) bond motifs is 1. The van der Waals surface area contributed by atoms with Crippen LogP contribution in [0.5, 0.6) is 0 Å². The molecule has 1 atom stereocenters. The van der Waals surface area contributed by atoms with Crippen LogP contribution in [0.25, 0.3) is 11.0 Å². The number of rotatable bonds is 3.